The highest BCUT2D eigenvalue weighted by molar-refractivity contribution is 7.13. The molecule has 1 aromatic heterocycles. The van der Waals surface area contributed by atoms with Gasteiger partial charge in [-0.1, -0.05) is 18.2 Å². The Labute approximate surface area is 173 Å². The van der Waals surface area contributed by atoms with E-state index in [0.29, 0.717) is 24.3 Å². The van der Waals surface area contributed by atoms with E-state index < -0.39 is 0 Å². The Bertz CT molecular complexity index is 938. The molecule has 1 fully saturated rings. The Morgan fingerprint density at radius 2 is 2.07 bits per heavy atom. The van der Waals surface area contributed by atoms with Crippen LogP contribution in [0.5, 0.6) is 5.75 Å². The van der Waals surface area contributed by atoms with Crippen molar-refractivity contribution in [2.45, 2.75) is 25.5 Å². The number of carbonyl (C=O) groups excluding carboxylic acids is 1. The summed E-state index contributed by atoms with van der Waals surface area (Å²) >= 11 is 1.58. The number of rotatable bonds is 6. The van der Waals surface area contributed by atoms with Crippen molar-refractivity contribution in [3.8, 4) is 16.3 Å². The summed E-state index contributed by atoms with van der Waals surface area (Å²) in [5.74, 6) is 0.186. The Kier molecular flexibility index (Phi) is 6.07. The van der Waals surface area contributed by atoms with Gasteiger partial charge < -0.3 is 20.1 Å². The van der Waals surface area contributed by atoms with E-state index in [4.69, 9.17) is 4.74 Å². The number of thiazole rings is 1. The van der Waals surface area contributed by atoms with E-state index >= 15 is 0 Å². The summed E-state index contributed by atoms with van der Waals surface area (Å²) < 4.78 is 5.72. The van der Waals surface area contributed by atoms with E-state index in [2.05, 4.69) is 10.3 Å². The molecule has 0 spiro atoms. The fourth-order valence-corrected chi connectivity index (χ4v) is 4.01. The van der Waals surface area contributed by atoms with Crippen molar-refractivity contribution >= 4 is 23.1 Å². The molecule has 1 atom stereocenters. The number of phenolic OH excluding ortho intramolecular Hbond substituents is 1. The fourth-order valence-electron chi connectivity index (χ4n) is 3.37. The second-order valence-corrected chi connectivity index (χ2v) is 7.88. The Morgan fingerprint density at radius 3 is 2.76 bits per heavy atom. The van der Waals surface area contributed by atoms with Gasteiger partial charge in [-0.3, -0.25) is 0 Å². The quantitative estimate of drug-likeness (QED) is 0.617. The van der Waals surface area contributed by atoms with Crippen LogP contribution in [-0.2, 0) is 11.3 Å². The zero-order valence-electron chi connectivity index (χ0n) is 16.0. The number of amides is 2. The first-order valence-corrected chi connectivity index (χ1v) is 10.5. The summed E-state index contributed by atoms with van der Waals surface area (Å²) in [5.41, 5.74) is 2.44. The summed E-state index contributed by atoms with van der Waals surface area (Å²) in [6.45, 7) is 1.53. The number of aromatic nitrogens is 1. The Hall–Kier alpha value is -2.90. The lowest BCUT2D eigenvalue weighted by atomic mass is 10.1. The van der Waals surface area contributed by atoms with Crippen LogP contribution in [0.2, 0.25) is 0 Å². The third-order valence-corrected chi connectivity index (χ3v) is 5.73. The van der Waals surface area contributed by atoms with E-state index in [1.165, 1.54) is 0 Å². The number of aromatic hydroxyl groups is 1. The number of urea groups is 1. The highest BCUT2D eigenvalue weighted by Crippen LogP contribution is 2.24. The van der Waals surface area contributed by atoms with Gasteiger partial charge >= 0.3 is 6.03 Å². The first kappa shape index (κ1) is 19.4. The van der Waals surface area contributed by atoms with Gasteiger partial charge in [0.05, 0.1) is 12.6 Å². The summed E-state index contributed by atoms with van der Waals surface area (Å²) in [6.07, 6.45) is 3.75. The van der Waals surface area contributed by atoms with Crippen LogP contribution in [0.4, 0.5) is 10.5 Å². The van der Waals surface area contributed by atoms with Crippen LogP contribution in [0.15, 0.2) is 60.1 Å². The van der Waals surface area contributed by atoms with Crippen LogP contribution in [0.25, 0.3) is 10.6 Å². The molecule has 2 N–H and O–H groups in total. The minimum atomic E-state index is -0.217. The van der Waals surface area contributed by atoms with Crippen LogP contribution in [0.1, 0.15) is 18.4 Å². The van der Waals surface area contributed by atoms with Crippen molar-refractivity contribution in [3.63, 3.8) is 0 Å². The van der Waals surface area contributed by atoms with Crippen LogP contribution in [-0.4, -0.2) is 40.3 Å². The lowest BCUT2D eigenvalue weighted by molar-refractivity contribution is 0.0817. The van der Waals surface area contributed by atoms with Gasteiger partial charge in [-0.2, -0.15) is 0 Å². The van der Waals surface area contributed by atoms with Crippen LogP contribution in [0, 0.1) is 0 Å². The molecule has 6 nitrogen and oxygen atoms in total. The maximum atomic E-state index is 13.0. The number of ether oxygens (including phenoxy) is 1. The molecule has 0 aliphatic carbocycles. The maximum Gasteiger partial charge on any atom is 0.322 e. The van der Waals surface area contributed by atoms with Gasteiger partial charge in [0.1, 0.15) is 10.8 Å². The molecule has 0 unspecified atom stereocenters. The number of para-hydroxylation sites is 1. The molecular weight excluding hydrogens is 386 g/mol. The molecule has 0 saturated carbocycles. The monoisotopic (exact) mass is 409 g/mol. The number of nitrogens with one attached hydrogen (secondary N) is 1. The number of hydrogen-bond donors (Lipinski definition) is 2. The van der Waals surface area contributed by atoms with Gasteiger partial charge in [-0.15, -0.1) is 11.3 Å². The van der Waals surface area contributed by atoms with Crippen molar-refractivity contribution in [1.29, 1.82) is 0 Å². The maximum absolute atomic E-state index is 13.0. The van der Waals surface area contributed by atoms with Crippen LogP contribution >= 0.6 is 11.3 Å². The molecule has 1 aliphatic rings. The molecule has 7 heteroatoms. The summed E-state index contributed by atoms with van der Waals surface area (Å²) in [7, 11) is 0. The number of anilines is 1. The number of benzene rings is 2. The fraction of sp³-hybridized carbons (Fsp3) is 0.273. The molecule has 2 heterocycles. The van der Waals surface area contributed by atoms with Gasteiger partial charge in [0.25, 0.3) is 0 Å². The number of carbonyl (C=O) groups is 1. The number of phenols is 1. The highest BCUT2D eigenvalue weighted by Gasteiger charge is 2.23. The molecule has 0 bridgehead atoms. The van der Waals surface area contributed by atoms with Crippen molar-refractivity contribution in [2.75, 3.05) is 18.5 Å². The van der Waals surface area contributed by atoms with Crippen molar-refractivity contribution in [1.82, 2.24) is 9.88 Å². The smallest absolute Gasteiger partial charge is 0.322 e. The lowest BCUT2D eigenvalue weighted by Gasteiger charge is -2.26. The van der Waals surface area contributed by atoms with E-state index in [9.17, 15) is 9.90 Å². The largest absolute Gasteiger partial charge is 0.508 e. The average Bonchev–Trinajstić information content (AvgIpc) is 3.44. The van der Waals surface area contributed by atoms with E-state index in [1.54, 1.807) is 34.6 Å². The first-order valence-electron chi connectivity index (χ1n) is 9.63. The topological polar surface area (TPSA) is 74.7 Å². The lowest BCUT2D eigenvalue weighted by Crippen LogP contribution is -2.39. The highest BCUT2D eigenvalue weighted by atomic mass is 32.1. The number of nitrogens with zero attached hydrogens (tertiary/aromatic N) is 2. The molecule has 1 saturated heterocycles. The molecule has 2 aromatic carbocycles. The zero-order valence-corrected chi connectivity index (χ0v) is 16.8. The SMILES string of the molecule is O=C(Nc1ccc(-c2nccs2)cc1)N(Cc1ccccc1O)C[C@H]1CCCO1. The summed E-state index contributed by atoms with van der Waals surface area (Å²) in [5, 5.41) is 16.0. The predicted molar refractivity (Wildman–Crippen MR) is 114 cm³/mol. The zero-order chi connectivity index (χ0) is 20.1. The summed E-state index contributed by atoms with van der Waals surface area (Å²) in [6, 6.07) is 14.5. The van der Waals surface area contributed by atoms with Gasteiger partial charge in [0.2, 0.25) is 0 Å². The van der Waals surface area contributed by atoms with Gasteiger partial charge in [-0.05, 0) is 43.2 Å². The molecule has 2 amide bonds. The molecule has 29 heavy (non-hydrogen) atoms. The second-order valence-electron chi connectivity index (χ2n) is 6.99. The first-order chi connectivity index (χ1) is 14.2. The summed E-state index contributed by atoms with van der Waals surface area (Å²) in [4.78, 5) is 19.0. The van der Waals surface area contributed by atoms with Gasteiger partial charge in [0, 0.05) is 41.5 Å². The minimum Gasteiger partial charge on any atom is -0.508 e. The average molecular weight is 410 g/mol. The van der Waals surface area contributed by atoms with Crippen LogP contribution in [0.3, 0.4) is 0 Å². The predicted octanol–water partition coefficient (Wildman–Crippen LogP) is 4.73. The molecule has 150 valence electrons. The molecule has 3 aromatic rings. The standard InChI is InChI=1S/C22H23N3O3S/c26-20-6-2-1-4-17(20)14-25(15-19-5-3-12-28-19)22(27)24-18-9-7-16(8-10-18)21-23-11-13-29-21/h1-2,4,6-11,13,19,26H,3,5,12,14-15H2,(H,24,27)/t19-/m1/s1. The van der Waals surface area contributed by atoms with E-state index in [-0.39, 0.29) is 17.9 Å². The minimum absolute atomic E-state index is 0.0267. The Morgan fingerprint density at radius 1 is 1.24 bits per heavy atom. The molecule has 4 rings (SSSR count). The molecule has 1 aliphatic heterocycles. The Balaban J connectivity index is 1.47. The third-order valence-electron chi connectivity index (χ3n) is 4.90. The van der Waals surface area contributed by atoms with Crippen molar-refractivity contribution < 1.29 is 14.6 Å². The van der Waals surface area contributed by atoms with Crippen molar-refractivity contribution in [2.24, 2.45) is 0 Å². The molecular formula is C22H23N3O3S. The van der Waals surface area contributed by atoms with Crippen molar-refractivity contribution in [3.05, 3.63) is 65.7 Å². The number of hydrogen-bond acceptors (Lipinski definition) is 5. The van der Waals surface area contributed by atoms with Gasteiger partial charge in [0.15, 0.2) is 0 Å². The van der Waals surface area contributed by atoms with E-state index in [1.807, 2.05) is 41.8 Å². The third kappa shape index (κ3) is 4.93. The molecule has 0 radical (unpaired) electrons. The van der Waals surface area contributed by atoms with Gasteiger partial charge in [-0.25, -0.2) is 9.78 Å². The van der Waals surface area contributed by atoms with E-state index in [0.717, 1.165) is 30.0 Å². The van der Waals surface area contributed by atoms with Crippen LogP contribution < -0.4 is 5.32 Å². The second kappa shape index (κ2) is 9.07. The normalized spacial score (nSPS) is 15.9.